The van der Waals surface area contributed by atoms with Gasteiger partial charge in [-0.2, -0.15) is 0 Å². The third-order valence-electron chi connectivity index (χ3n) is 4.87. The van der Waals surface area contributed by atoms with Crippen molar-refractivity contribution in [3.8, 4) is 5.75 Å². The van der Waals surface area contributed by atoms with Gasteiger partial charge in [-0.05, 0) is 49.2 Å². The van der Waals surface area contributed by atoms with Gasteiger partial charge in [0.25, 0.3) is 0 Å². The summed E-state index contributed by atoms with van der Waals surface area (Å²) in [6.07, 6.45) is 1.05. The Morgan fingerprint density at radius 2 is 1.81 bits per heavy atom. The van der Waals surface area contributed by atoms with Gasteiger partial charge < -0.3 is 15.0 Å². The van der Waals surface area contributed by atoms with Crippen LogP contribution in [0.3, 0.4) is 0 Å². The van der Waals surface area contributed by atoms with E-state index in [-0.39, 0.29) is 12.5 Å². The van der Waals surface area contributed by atoms with E-state index in [2.05, 4.69) is 5.32 Å². The highest BCUT2D eigenvalue weighted by atomic mass is 32.2. The first kappa shape index (κ1) is 24.2. The molecule has 2 amide bonds. The first-order valence-electron chi connectivity index (χ1n) is 9.75. The van der Waals surface area contributed by atoms with Gasteiger partial charge in [-0.3, -0.25) is 13.9 Å². The molecule has 0 saturated heterocycles. The Balaban J connectivity index is 2.39. The highest BCUT2D eigenvalue weighted by molar-refractivity contribution is 7.92. The Bertz CT molecular complexity index is 1040. The van der Waals surface area contributed by atoms with Gasteiger partial charge in [-0.15, -0.1) is 0 Å². The fourth-order valence-corrected chi connectivity index (χ4v) is 4.00. The molecular formula is C22H29N3O5S. The zero-order valence-corrected chi connectivity index (χ0v) is 19.3. The van der Waals surface area contributed by atoms with Crippen LogP contribution in [-0.2, 0) is 26.2 Å². The average molecular weight is 448 g/mol. The van der Waals surface area contributed by atoms with Crippen LogP contribution in [-0.4, -0.2) is 58.1 Å². The number of nitrogens with one attached hydrogen (secondary N) is 1. The minimum Gasteiger partial charge on any atom is -0.497 e. The van der Waals surface area contributed by atoms with Crippen LogP contribution in [0.5, 0.6) is 5.75 Å². The van der Waals surface area contributed by atoms with Gasteiger partial charge in [0.05, 0.1) is 19.1 Å². The Morgan fingerprint density at radius 3 is 2.39 bits per heavy atom. The number of anilines is 1. The summed E-state index contributed by atoms with van der Waals surface area (Å²) in [5.74, 6) is -0.224. The van der Waals surface area contributed by atoms with E-state index >= 15 is 0 Å². The molecule has 168 valence electrons. The highest BCUT2D eigenvalue weighted by Gasteiger charge is 2.29. The van der Waals surface area contributed by atoms with Gasteiger partial charge in [0.2, 0.25) is 21.8 Å². The first-order chi connectivity index (χ1) is 14.6. The molecule has 8 nitrogen and oxygen atoms in total. The van der Waals surface area contributed by atoms with Crippen LogP contribution in [0.4, 0.5) is 5.69 Å². The molecule has 2 aromatic rings. The first-order valence-corrected chi connectivity index (χ1v) is 11.6. The molecule has 0 bridgehead atoms. The molecular weight excluding hydrogens is 418 g/mol. The molecule has 0 radical (unpaired) electrons. The van der Waals surface area contributed by atoms with Crippen LogP contribution >= 0.6 is 0 Å². The second kappa shape index (κ2) is 10.3. The predicted molar refractivity (Wildman–Crippen MR) is 120 cm³/mol. The molecule has 2 aromatic carbocycles. The number of hydrogen-bond donors (Lipinski definition) is 1. The molecule has 0 aliphatic rings. The molecule has 0 heterocycles. The maximum Gasteiger partial charge on any atom is 0.244 e. The Labute approximate surface area is 183 Å². The number of benzene rings is 2. The normalized spacial score (nSPS) is 12.0. The number of likely N-dealkylation sites (N-methyl/N-ethyl adjacent to an activating group) is 1. The number of sulfonamides is 1. The fourth-order valence-electron chi connectivity index (χ4n) is 3.16. The predicted octanol–water partition coefficient (Wildman–Crippen LogP) is 1.93. The molecule has 0 aliphatic carbocycles. The van der Waals surface area contributed by atoms with Crippen LogP contribution in [0.25, 0.3) is 0 Å². The van der Waals surface area contributed by atoms with Gasteiger partial charge >= 0.3 is 0 Å². The summed E-state index contributed by atoms with van der Waals surface area (Å²) < 4.78 is 31.2. The third kappa shape index (κ3) is 6.45. The number of amides is 2. The van der Waals surface area contributed by atoms with Crippen LogP contribution in [0, 0.1) is 6.92 Å². The van der Waals surface area contributed by atoms with Crippen LogP contribution < -0.4 is 14.4 Å². The summed E-state index contributed by atoms with van der Waals surface area (Å²) in [4.78, 5) is 27.0. The van der Waals surface area contributed by atoms with Crippen molar-refractivity contribution in [2.24, 2.45) is 0 Å². The Hall–Kier alpha value is -3.07. The topological polar surface area (TPSA) is 96.0 Å². The lowest BCUT2D eigenvalue weighted by atomic mass is 10.1. The minimum atomic E-state index is -3.73. The van der Waals surface area contributed by atoms with Gasteiger partial charge in [0.1, 0.15) is 18.3 Å². The number of ether oxygens (including phenoxy) is 1. The summed E-state index contributed by atoms with van der Waals surface area (Å²) in [6, 6.07) is 13.3. The summed E-state index contributed by atoms with van der Waals surface area (Å²) in [5, 5.41) is 2.54. The standard InChI is InChI=1S/C22H29N3O5S/c1-16-8-6-10-19(12-16)25(31(5,28)29)15-21(26)24(17(2)22(27)23-3)14-18-9-7-11-20(13-18)30-4/h6-13,17H,14-15H2,1-5H3,(H,23,27)/t17-/m0/s1. The molecule has 2 rings (SSSR count). The molecule has 1 atom stereocenters. The number of carbonyl (C=O) groups excluding carboxylic acids is 2. The average Bonchev–Trinajstić information content (AvgIpc) is 2.73. The lowest BCUT2D eigenvalue weighted by Gasteiger charge is -2.31. The number of rotatable bonds is 9. The lowest BCUT2D eigenvalue weighted by molar-refractivity contribution is -0.139. The van der Waals surface area contributed by atoms with E-state index in [0.29, 0.717) is 11.4 Å². The maximum absolute atomic E-state index is 13.3. The van der Waals surface area contributed by atoms with Crippen LogP contribution in [0.15, 0.2) is 48.5 Å². The van der Waals surface area contributed by atoms with Crippen molar-refractivity contribution in [1.82, 2.24) is 10.2 Å². The second-order valence-electron chi connectivity index (χ2n) is 7.27. The maximum atomic E-state index is 13.3. The van der Waals surface area contributed by atoms with Crippen LogP contribution in [0.1, 0.15) is 18.1 Å². The number of nitrogens with zero attached hydrogens (tertiary/aromatic N) is 2. The zero-order valence-electron chi connectivity index (χ0n) is 18.5. The summed E-state index contributed by atoms with van der Waals surface area (Å²) in [6.45, 7) is 3.15. The Kier molecular flexibility index (Phi) is 8.04. The van der Waals surface area contributed by atoms with Crippen molar-refractivity contribution in [3.05, 3.63) is 59.7 Å². The molecule has 1 N–H and O–H groups in total. The zero-order chi connectivity index (χ0) is 23.2. The van der Waals surface area contributed by atoms with Crippen molar-refractivity contribution in [1.29, 1.82) is 0 Å². The van der Waals surface area contributed by atoms with E-state index in [4.69, 9.17) is 4.74 Å². The molecule has 0 saturated carbocycles. The number of carbonyl (C=O) groups is 2. The third-order valence-corrected chi connectivity index (χ3v) is 6.01. The van der Waals surface area contributed by atoms with Gasteiger partial charge in [0.15, 0.2) is 0 Å². The summed E-state index contributed by atoms with van der Waals surface area (Å²) in [5.41, 5.74) is 2.01. The molecule has 0 aromatic heterocycles. The van der Waals surface area contributed by atoms with E-state index < -0.39 is 28.5 Å². The summed E-state index contributed by atoms with van der Waals surface area (Å²) >= 11 is 0. The number of methoxy groups -OCH3 is 1. The largest absolute Gasteiger partial charge is 0.497 e. The molecule has 31 heavy (non-hydrogen) atoms. The lowest BCUT2D eigenvalue weighted by Crippen LogP contribution is -2.50. The van der Waals surface area contributed by atoms with Crippen molar-refractivity contribution >= 4 is 27.5 Å². The van der Waals surface area contributed by atoms with Crippen molar-refractivity contribution < 1.29 is 22.7 Å². The molecule has 9 heteroatoms. The number of hydrogen-bond acceptors (Lipinski definition) is 5. The van der Waals surface area contributed by atoms with E-state index in [1.807, 2.05) is 19.1 Å². The SMILES string of the molecule is CNC(=O)[C@H](C)N(Cc1cccc(OC)c1)C(=O)CN(c1cccc(C)c1)S(C)(=O)=O. The van der Waals surface area contributed by atoms with E-state index in [1.54, 1.807) is 50.4 Å². The number of aryl methyl sites for hydroxylation is 1. The highest BCUT2D eigenvalue weighted by Crippen LogP contribution is 2.21. The molecule has 0 unspecified atom stereocenters. The Morgan fingerprint density at radius 1 is 1.13 bits per heavy atom. The van der Waals surface area contributed by atoms with Crippen LogP contribution in [0.2, 0.25) is 0 Å². The molecule has 0 fully saturated rings. The fraction of sp³-hybridized carbons (Fsp3) is 0.364. The van der Waals surface area contributed by atoms with Gasteiger partial charge in [-0.1, -0.05) is 24.3 Å². The van der Waals surface area contributed by atoms with Gasteiger partial charge in [0, 0.05) is 13.6 Å². The van der Waals surface area contributed by atoms with Crippen molar-refractivity contribution in [2.75, 3.05) is 31.3 Å². The smallest absolute Gasteiger partial charge is 0.244 e. The van der Waals surface area contributed by atoms with Crippen molar-refractivity contribution in [3.63, 3.8) is 0 Å². The van der Waals surface area contributed by atoms with E-state index in [0.717, 1.165) is 21.7 Å². The molecule has 0 spiro atoms. The quantitative estimate of drug-likeness (QED) is 0.634. The minimum absolute atomic E-state index is 0.121. The van der Waals surface area contributed by atoms with E-state index in [9.17, 15) is 18.0 Å². The van der Waals surface area contributed by atoms with E-state index in [1.165, 1.54) is 11.9 Å². The van der Waals surface area contributed by atoms with Crippen molar-refractivity contribution in [2.45, 2.75) is 26.4 Å². The monoisotopic (exact) mass is 447 g/mol. The van der Waals surface area contributed by atoms with Gasteiger partial charge in [-0.25, -0.2) is 8.42 Å². The molecule has 0 aliphatic heterocycles. The summed E-state index contributed by atoms with van der Waals surface area (Å²) in [7, 11) is -0.702. The second-order valence-corrected chi connectivity index (χ2v) is 9.18.